The first-order chi connectivity index (χ1) is 8.41. The molecule has 0 saturated heterocycles. The molecule has 0 aliphatic heterocycles. The van der Waals surface area contributed by atoms with E-state index in [9.17, 15) is 14.0 Å². The molecule has 2 rings (SSSR count). The zero-order chi connectivity index (χ0) is 13.4. The highest BCUT2D eigenvalue weighted by molar-refractivity contribution is 6.30. The number of hydrogen-bond donors (Lipinski definition) is 1. The molecule has 18 heavy (non-hydrogen) atoms. The van der Waals surface area contributed by atoms with Gasteiger partial charge in [-0.15, -0.1) is 0 Å². The Bertz CT molecular complexity index is 734. The number of benzene rings is 1. The lowest BCUT2D eigenvalue weighted by Crippen LogP contribution is -2.35. The van der Waals surface area contributed by atoms with E-state index >= 15 is 0 Å². The summed E-state index contributed by atoms with van der Waals surface area (Å²) in [7, 11) is 0. The summed E-state index contributed by atoms with van der Waals surface area (Å²) >= 11 is 5.68. The molecule has 0 spiro atoms. The van der Waals surface area contributed by atoms with Crippen molar-refractivity contribution >= 4 is 11.6 Å². The summed E-state index contributed by atoms with van der Waals surface area (Å²) in [5.41, 5.74) is -0.626. The first-order valence-corrected chi connectivity index (χ1v) is 5.57. The van der Waals surface area contributed by atoms with Gasteiger partial charge in [0.05, 0.1) is 11.3 Å². The average Bonchev–Trinajstić information content (AvgIpc) is 2.29. The van der Waals surface area contributed by atoms with Gasteiger partial charge in [0.25, 0.3) is 5.56 Å². The van der Waals surface area contributed by atoms with E-state index in [0.29, 0.717) is 5.56 Å². The third-order valence-corrected chi connectivity index (χ3v) is 2.99. The summed E-state index contributed by atoms with van der Waals surface area (Å²) in [6.45, 7) is 3.18. The maximum atomic E-state index is 13.8. The Hall–Kier alpha value is -1.88. The van der Waals surface area contributed by atoms with Crippen molar-refractivity contribution in [2.75, 3.05) is 0 Å². The highest BCUT2D eigenvalue weighted by Gasteiger charge is 2.13. The Morgan fingerprint density at radius 1 is 1.28 bits per heavy atom. The fourth-order valence-electron chi connectivity index (χ4n) is 1.61. The average molecular weight is 269 g/mol. The number of halogens is 2. The molecule has 0 radical (unpaired) electrons. The molecule has 0 amide bonds. The Labute approximate surface area is 107 Å². The molecule has 0 unspecified atom stereocenters. The third kappa shape index (κ3) is 1.97. The van der Waals surface area contributed by atoms with Crippen LogP contribution < -0.4 is 11.2 Å². The lowest BCUT2D eigenvalue weighted by atomic mass is 10.2. The van der Waals surface area contributed by atoms with E-state index in [4.69, 9.17) is 11.6 Å². The molecule has 1 N–H and O–H groups in total. The molecule has 0 aliphatic rings. The van der Waals surface area contributed by atoms with Crippen LogP contribution >= 0.6 is 11.6 Å². The van der Waals surface area contributed by atoms with Gasteiger partial charge in [0, 0.05) is 0 Å². The zero-order valence-electron chi connectivity index (χ0n) is 9.75. The molecular formula is C12H10ClFN2O2. The lowest BCUT2D eigenvalue weighted by Gasteiger charge is -2.08. The molecule has 6 heteroatoms. The standard InChI is InChI=1S/C12H10ClFN2O2/c1-6-3-4-9(8(14)5-6)16-11(17)7(2)10(13)15-12(16)18/h3-5H,1-2H3,(H,15,18). The van der Waals surface area contributed by atoms with Gasteiger partial charge in [-0.05, 0) is 31.5 Å². The van der Waals surface area contributed by atoms with Crippen LogP contribution in [0.3, 0.4) is 0 Å². The molecule has 2 aromatic rings. The molecule has 94 valence electrons. The Balaban J connectivity index is 2.84. The summed E-state index contributed by atoms with van der Waals surface area (Å²) in [6, 6.07) is 4.26. The number of rotatable bonds is 1. The van der Waals surface area contributed by atoms with Crippen LogP contribution in [0.15, 0.2) is 27.8 Å². The predicted octanol–water partition coefficient (Wildman–Crippen LogP) is 1.94. The second-order valence-electron chi connectivity index (χ2n) is 3.96. The van der Waals surface area contributed by atoms with Crippen LogP contribution in [0.4, 0.5) is 4.39 Å². The number of nitrogens with one attached hydrogen (secondary N) is 1. The van der Waals surface area contributed by atoms with Crippen LogP contribution in [0.2, 0.25) is 5.15 Å². The first kappa shape index (κ1) is 12.6. The summed E-state index contributed by atoms with van der Waals surface area (Å²) < 4.78 is 14.5. The molecule has 0 atom stereocenters. The van der Waals surface area contributed by atoms with Gasteiger partial charge in [-0.3, -0.25) is 9.78 Å². The van der Waals surface area contributed by atoms with Gasteiger partial charge in [-0.1, -0.05) is 17.7 Å². The number of aromatic amines is 1. The molecule has 1 heterocycles. The third-order valence-electron chi connectivity index (χ3n) is 2.62. The maximum Gasteiger partial charge on any atom is 0.334 e. The SMILES string of the molecule is Cc1ccc(-n2c(=O)[nH]c(Cl)c(C)c2=O)c(F)c1. The Morgan fingerprint density at radius 3 is 2.56 bits per heavy atom. The minimum atomic E-state index is -0.765. The van der Waals surface area contributed by atoms with Crippen LogP contribution in [-0.4, -0.2) is 9.55 Å². The second-order valence-corrected chi connectivity index (χ2v) is 4.34. The van der Waals surface area contributed by atoms with Gasteiger partial charge in [-0.2, -0.15) is 0 Å². The zero-order valence-corrected chi connectivity index (χ0v) is 10.5. The van der Waals surface area contributed by atoms with Crippen molar-refractivity contribution in [3.8, 4) is 5.69 Å². The van der Waals surface area contributed by atoms with Crippen LogP contribution in [0.1, 0.15) is 11.1 Å². The molecule has 4 nitrogen and oxygen atoms in total. The van der Waals surface area contributed by atoms with E-state index in [1.165, 1.54) is 19.1 Å². The molecule has 0 bridgehead atoms. The normalized spacial score (nSPS) is 10.7. The van der Waals surface area contributed by atoms with Crippen molar-refractivity contribution in [3.05, 3.63) is 61.1 Å². The van der Waals surface area contributed by atoms with Gasteiger partial charge in [0.2, 0.25) is 0 Å². The van der Waals surface area contributed by atoms with E-state index in [0.717, 1.165) is 4.57 Å². The maximum absolute atomic E-state index is 13.8. The van der Waals surface area contributed by atoms with Crippen molar-refractivity contribution in [1.29, 1.82) is 0 Å². The van der Waals surface area contributed by atoms with Crippen molar-refractivity contribution in [1.82, 2.24) is 9.55 Å². The lowest BCUT2D eigenvalue weighted by molar-refractivity contribution is 0.610. The minimum Gasteiger partial charge on any atom is -0.297 e. The molecule has 1 aromatic heterocycles. The molecule has 1 aromatic carbocycles. The van der Waals surface area contributed by atoms with Crippen LogP contribution in [-0.2, 0) is 0 Å². The van der Waals surface area contributed by atoms with E-state index in [-0.39, 0.29) is 16.4 Å². The van der Waals surface area contributed by atoms with Crippen molar-refractivity contribution < 1.29 is 4.39 Å². The smallest absolute Gasteiger partial charge is 0.297 e. The fraction of sp³-hybridized carbons (Fsp3) is 0.167. The number of aromatic nitrogens is 2. The minimum absolute atomic E-state index is 0.0335. The number of hydrogen-bond acceptors (Lipinski definition) is 2. The van der Waals surface area contributed by atoms with Crippen LogP contribution in [0, 0.1) is 19.7 Å². The second kappa shape index (κ2) is 4.42. The van der Waals surface area contributed by atoms with Gasteiger partial charge >= 0.3 is 5.69 Å². The van der Waals surface area contributed by atoms with Crippen molar-refractivity contribution in [2.24, 2.45) is 0 Å². The van der Waals surface area contributed by atoms with E-state index in [1.54, 1.807) is 13.0 Å². The van der Waals surface area contributed by atoms with E-state index < -0.39 is 17.1 Å². The van der Waals surface area contributed by atoms with Crippen molar-refractivity contribution in [3.63, 3.8) is 0 Å². The van der Waals surface area contributed by atoms with Gasteiger partial charge in [-0.25, -0.2) is 13.8 Å². The Morgan fingerprint density at radius 2 is 1.94 bits per heavy atom. The Kier molecular flexibility index (Phi) is 3.09. The molecular weight excluding hydrogens is 259 g/mol. The van der Waals surface area contributed by atoms with E-state index in [1.807, 2.05) is 0 Å². The van der Waals surface area contributed by atoms with Gasteiger partial charge in [0.1, 0.15) is 11.0 Å². The van der Waals surface area contributed by atoms with Crippen molar-refractivity contribution in [2.45, 2.75) is 13.8 Å². The largest absolute Gasteiger partial charge is 0.334 e. The number of H-pyrrole nitrogens is 1. The molecule has 0 fully saturated rings. The van der Waals surface area contributed by atoms with Crippen LogP contribution in [0.5, 0.6) is 0 Å². The quantitative estimate of drug-likeness (QED) is 0.804. The highest BCUT2D eigenvalue weighted by Crippen LogP contribution is 2.12. The summed E-state index contributed by atoms with van der Waals surface area (Å²) in [4.78, 5) is 25.9. The van der Waals surface area contributed by atoms with E-state index in [2.05, 4.69) is 4.98 Å². The topological polar surface area (TPSA) is 54.9 Å². The predicted molar refractivity (Wildman–Crippen MR) is 67.1 cm³/mol. The molecule has 0 saturated carbocycles. The molecule has 0 aliphatic carbocycles. The monoisotopic (exact) mass is 268 g/mol. The fourth-order valence-corrected chi connectivity index (χ4v) is 1.77. The van der Waals surface area contributed by atoms with Gasteiger partial charge in [0.15, 0.2) is 0 Å². The van der Waals surface area contributed by atoms with Crippen LogP contribution in [0.25, 0.3) is 5.69 Å². The highest BCUT2D eigenvalue weighted by atomic mass is 35.5. The first-order valence-electron chi connectivity index (χ1n) is 5.20. The summed E-state index contributed by atoms with van der Waals surface area (Å²) in [5, 5.41) is -0.0335. The number of nitrogens with zero attached hydrogens (tertiary/aromatic N) is 1. The number of aryl methyl sites for hydroxylation is 1. The van der Waals surface area contributed by atoms with Gasteiger partial charge < -0.3 is 0 Å². The summed E-state index contributed by atoms with van der Waals surface area (Å²) in [5.74, 6) is -0.635. The summed E-state index contributed by atoms with van der Waals surface area (Å²) in [6.07, 6.45) is 0.